The number of benzene rings is 1. The van der Waals surface area contributed by atoms with Crippen LogP contribution >= 0.6 is 0 Å². The molecule has 1 aromatic rings. The van der Waals surface area contributed by atoms with Gasteiger partial charge in [0, 0.05) is 45.0 Å². The van der Waals surface area contributed by atoms with Gasteiger partial charge in [0.1, 0.15) is 0 Å². The molecule has 1 atom stereocenters. The number of carbonyl (C=O) groups is 1. The van der Waals surface area contributed by atoms with Gasteiger partial charge in [0.15, 0.2) is 0 Å². The Morgan fingerprint density at radius 3 is 2.46 bits per heavy atom. The number of nitrogens with one attached hydrogen (secondary N) is 1. The van der Waals surface area contributed by atoms with Crippen LogP contribution in [-0.4, -0.2) is 71.2 Å². The van der Waals surface area contributed by atoms with E-state index >= 15 is 0 Å². The number of amides is 1. The second kappa shape index (κ2) is 8.34. The van der Waals surface area contributed by atoms with Gasteiger partial charge in [-0.25, -0.2) is 13.6 Å². The Balaban J connectivity index is 1.42. The lowest BCUT2D eigenvalue weighted by molar-refractivity contribution is -0.122. The highest BCUT2D eigenvalue weighted by Crippen LogP contribution is 2.19. The minimum absolute atomic E-state index is 0.0338. The lowest BCUT2D eigenvalue weighted by atomic mass is 10.2. The molecule has 3 rings (SSSR count). The standard InChI is InChI=1S/C17H26N4O4S/c18-26(23,24)16-5-3-14(4-6-16)21-9-7-20(8-10-21)13-17(22)19-12-15-2-1-11-25-15/h3-6,15H,1-2,7-13H2,(H,19,22)(H2,18,23,24). The highest BCUT2D eigenvalue weighted by molar-refractivity contribution is 7.89. The van der Waals surface area contributed by atoms with Crippen LogP contribution in [0.15, 0.2) is 29.2 Å². The summed E-state index contributed by atoms with van der Waals surface area (Å²) in [6.07, 6.45) is 2.25. The molecule has 0 radical (unpaired) electrons. The number of ether oxygens (including phenoxy) is 1. The third kappa shape index (κ3) is 5.16. The molecule has 2 fully saturated rings. The molecule has 1 unspecified atom stereocenters. The zero-order valence-electron chi connectivity index (χ0n) is 14.8. The van der Waals surface area contributed by atoms with Crippen LogP contribution < -0.4 is 15.4 Å². The van der Waals surface area contributed by atoms with Crippen molar-refractivity contribution in [3.8, 4) is 0 Å². The predicted octanol–water partition coefficient (Wildman–Crippen LogP) is -0.249. The zero-order chi connectivity index (χ0) is 18.6. The second-order valence-electron chi connectivity index (χ2n) is 6.74. The van der Waals surface area contributed by atoms with Crippen molar-refractivity contribution in [2.75, 3.05) is 50.8 Å². The van der Waals surface area contributed by atoms with E-state index in [1.54, 1.807) is 12.1 Å². The monoisotopic (exact) mass is 382 g/mol. The molecule has 0 spiro atoms. The fraction of sp³-hybridized carbons (Fsp3) is 0.588. The molecule has 8 nitrogen and oxygen atoms in total. The lowest BCUT2D eigenvalue weighted by Crippen LogP contribution is -2.50. The van der Waals surface area contributed by atoms with Gasteiger partial charge < -0.3 is 15.0 Å². The quantitative estimate of drug-likeness (QED) is 0.703. The first kappa shape index (κ1) is 19.1. The molecule has 1 aromatic carbocycles. The molecule has 2 aliphatic heterocycles. The summed E-state index contributed by atoms with van der Waals surface area (Å²) in [5.41, 5.74) is 0.958. The van der Waals surface area contributed by atoms with Crippen molar-refractivity contribution in [3.05, 3.63) is 24.3 Å². The molecule has 2 aliphatic rings. The number of hydrogen-bond acceptors (Lipinski definition) is 6. The summed E-state index contributed by atoms with van der Waals surface area (Å²) >= 11 is 0. The predicted molar refractivity (Wildman–Crippen MR) is 98.5 cm³/mol. The lowest BCUT2D eigenvalue weighted by Gasteiger charge is -2.35. The molecule has 9 heteroatoms. The highest BCUT2D eigenvalue weighted by Gasteiger charge is 2.21. The number of carbonyl (C=O) groups excluding carboxylic acids is 1. The average Bonchev–Trinajstić information content (AvgIpc) is 3.14. The number of nitrogens with zero attached hydrogens (tertiary/aromatic N) is 2. The SMILES string of the molecule is NS(=O)(=O)c1ccc(N2CCN(CC(=O)NCC3CCCO3)CC2)cc1. The molecule has 0 saturated carbocycles. The molecule has 1 amide bonds. The molecule has 3 N–H and O–H groups in total. The van der Waals surface area contributed by atoms with Gasteiger partial charge in [-0.15, -0.1) is 0 Å². The number of anilines is 1. The van der Waals surface area contributed by atoms with Gasteiger partial charge in [0.25, 0.3) is 0 Å². The van der Waals surface area contributed by atoms with E-state index in [1.165, 1.54) is 12.1 Å². The van der Waals surface area contributed by atoms with Crippen LogP contribution in [0.2, 0.25) is 0 Å². The summed E-state index contributed by atoms with van der Waals surface area (Å²) < 4.78 is 28.1. The van der Waals surface area contributed by atoms with E-state index in [9.17, 15) is 13.2 Å². The molecule has 2 saturated heterocycles. The number of primary sulfonamides is 1. The summed E-state index contributed by atoms with van der Waals surface area (Å²) in [4.78, 5) is 16.5. The van der Waals surface area contributed by atoms with E-state index in [4.69, 9.17) is 9.88 Å². The van der Waals surface area contributed by atoms with Crippen molar-refractivity contribution < 1.29 is 17.9 Å². The van der Waals surface area contributed by atoms with Crippen LogP contribution in [0.4, 0.5) is 5.69 Å². The van der Waals surface area contributed by atoms with Crippen LogP contribution in [0.5, 0.6) is 0 Å². The average molecular weight is 382 g/mol. The third-order valence-corrected chi connectivity index (χ3v) is 5.75. The summed E-state index contributed by atoms with van der Waals surface area (Å²) in [6.45, 7) is 4.91. The number of piperazine rings is 1. The van der Waals surface area contributed by atoms with E-state index in [1.807, 2.05) is 0 Å². The summed E-state index contributed by atoms with van der Waals surface area (Å²) in [5, 5.41) is 8.07. The molecule has 2 heterocycles. The minimum Gasteiger partial charge on any atom is -0.376 e. The van der Waals surface area contributed by atoms with Crippen molar-refractivity contribution in [3.63, 3.8) is 0 Å². The molecule has 144 valence electrons. The first-order valence-electron chi connectivity index (χ1n) is 8.90. The van der Waals surface area contributed by atoms with Gasteiger partial charge in [-0.1, -0.05) is 0 Å². The highest BCUT2D eigenvalue weighted by atomic mass is 32.2. The number of sulfonamides is 1. The molecule has 0 bridgehead atoms. The Hall–Kier alpha value is -1.68. The van der Waals surface area contributed by atoms with Gasteiger partial charge in [-0.3, -0.25) is 9.69 Å². The van der Waals surface area contributed by atoms with Crippen LogP contribution in [0.25, 0.3) is 0 Å². The Labute approximate surface area is 154 Å². The Bertz CT molecular complexity index is 709. The van der Waals surface area contributed by atoms with Gasteiger partial charge in [0.2, 0.25) is 15.9 Å². The Kier molecular flexibility index (Phi) is 6.13. The second-order valence-corrected chi connectivity index (χ2v) is 8.30. The van der Waals surface area contributed by atoms with Crippen molar-refractivity contribution in [2.24, 2.45) is 5.14 Å². The van der Waals surface area contributed by atoms with Crippen molar-refractivity contribution >= 4 is 21.6 Å². The normalized spacial score (nSPS) is 21.7. The van der Waals surface area contributed by atoms with E-state index < -0.39 is 10.0 Å². The summed E-state index contributed by atoms with van der Waals surface area (Å²) in [5.74, 6) is 0.0338. The van der Waals surface area contributed by atoms with E-state index in [-0.39, 0.29) is 16.9 Å². The van der Waals surface area contributed by atoms with Crippen LogP contribution in [0.1, 0.15) is 12.8 Å². The summed E-state index contributed by atoms with van der Waals surface area (Å²) in [7, 11) is -3.66. The molecular weight excluding hydrogens is 356 g/mol. The molecule has 0 aliphatic carbocycles. The summed E-state index contributed by atoms with van der Waals surface area (Å²) in [6, 6.07) is 6.58. The van der Waals surface area contributed by atoms with Crippen LogP contribution in [0.3, 0.4) is 0 Å². The Morgan fingerprint density at radius 2 is 1.88 bits per heavy atom. The maximum absolute atomic E-state index is 12.1. The maximum atomic E-state index is 12.1. The van der Waals surface area contributed by atoms with Gasteiger partial charge >= 0.3 is 0 Å². The Morgan fingerprint density at radius 1 is 1.19 bits per heavy atom. The van der Waals surface area contributed by atoms with Gasteiger partial charge in [-0.2, -0.15) is 0 Å². The van der Waals surface area contributed by atoms with Crippen molar-refractivity contribution in [1.29, 1.82) is 0 Å². The topological polar surface area (TPSA) is 105 Å². The largest absolute Gasteiger partial charge is 0.376 e. The van der Waals surface area contributed by atoms with E-state index in [0.29, 0.717) is 13.1 Å². The van der Waals surface area contributed by atoms with Crippen LogP contribution in [0, 0.1) is 0 Å². The maximum Gasteiger partial charge on any atom is 0.238 e. The first-order valence-corrected chi connectivity index (χ1v) is 10.4. The smallest absolute Gasteiger partial charge is 0.238 e. The van der Waals surface area contributed by atoms with E-state index in [2.05, 4.69) is 15.1 Å². The molecule has 26 heavy (non-hydrogen) atoms. The van der Waals surface area contributed by atoms with Gasteiger partial charge in [0.05, 0.1) is 17.5 Å². The van der Waals surface area contributed by atoms with E-state index in [0.717, 1.165) is 51.3 Å². The van der Waals surface area contributed by atoms with Crippen molar-refractivity contribution in [2.45, 2.75) is 23.8 Å². The minimum atomic E-state index is -3.66. The molecule has 0 aromatic heterocycles. The third-order valence-electron chi connectivity index (χ3n) is 4.82. The number of rotatable bonds is 6. The fourth-order valence-electron chi connectivity index (χ4n) is 3.30. The first-order chi connectivity index (χ1) is 12.4. The number of nitrogens with two attached hydrogens (primary N) is 1. The van der Waals surface area contributed by atoms with Crippen molar-refractivity contribution in [1.82, 2.24) is 10.2 Å². The van der Waals surface area contributed by atoms with Crippen LogP contribution in [-0.2, 0) is 19.6 Å². The zero-order valence-corrected chi connectivity index (χ0v) is 15.6. The fourth-order valence-corrected chi connectivity index (χ4v) is 3.82. The number of hydrogen-bond donors (Lipinski definition) is 2. The molecular formula is C17H26N4O4S. The van der Waals surface area contributed by atoms with Gasteiger partial charge in [-0.05, 0) is 37.1 Å².